The number of hydrogen-bond donors (Lipinski definition) is 0. The molecule has 30 heavy (non-hydrogen) atoms. The molecule has 0 bridgehead atoms. The fourth-order valence-electron chi connectivity index (χ4n) is 2.43. The maximum atomic E-state index is 11.2. The minimum absolute atomic E-state index is 0. The number of benzene rings is 2. The van der Waals surface area contributed by atoms with E-state index >= 15 is 0 Å². The van der Waals surface area contributed by atoms with Crippen LogP contribution in [0.1, 0.15) is 10.4 Å². The first-order valence-corrected chi connectivity index (χ1v) is 8.31. The normalized spacial score (nSPS) is 9.07. The Morgan fingerprint density at radius 3 is 1.73 bits per heavy atom. The summed E-state index contributed by atoms with van der Waals surface area (Å²) in [5.41, 5.74) is 2.08. The molecule has 0 spiro atoms. The second kappa shape index (κ2) is 12.6. The second-order valence-corrected chi connectivity index (χ2v) is 5.47. The zero-order valence-electron chi connectivity index (χ0n) is 15.3. The van der Waals surface area contributed by atoms with Crippen LogP contribution in [-0.2, 0) is 17.1 Å². The van der Waals surface area contributed by atoms with E-state index in [1.807, 2.05) is 54.6 Å². The summed E-state index contributed by atoms with van der Waals surface area (Å²) in [5, 5.41) is 27.6. The van der Waals surface area contributed by atoms with Crippen LogP contribution in [0.4, 0.5) is 0 Å². The molecule has 0 unspecified atom stereocenters. The van der Waals surface area contributed by atoms with Crippen LogP contribution in [0.5, 0.6) is 5.75 Å². The fourth-order valence-corrected chi connectivity index (χ4v) is 2.43. The summed E-state index contributed by atoms with van der Waals surface area (Å²) < 4.78 is 0. The van der Waals surface area contributed by atoms with Crippen molar-refractivity contribution in [1.29, 1.82) is 0 Å². The van der Waals surface area contributed by atoms with Crippen LogP contribution in [0.3, 0.4) is 0 Å². The van der Waals surface area contributed by atoms with Crippen molar-refractivity contribution in [2.45, 2.75) is 0 Å². The molecular formula is C21H15CuN3O5. The molecule has 0 aliphatic heterocycles. The van der Waals surface area contributed by atoms with Gasteiger partial charge >= 0.3 is 17.1 Å². The van der Waals surface area contributed by atoms with E-state index in [0.717, 1.165) is 22.2 Å². The van der Waals surface area contributed by atoms with Crippen molar-refractivity contribution in [3.8, 4) is 17.1 Å². The number of nitrogens with zero attached hydrogens (tertiary/aromatic N) is 3. The SMILES string of the molecule is O=Cc1c([O-])ccc2ccccc12.O=[N+]([O-])[O-].[Cu+2].c1ccc(-c2ccccn2)nc1. The van der Waals surface area contributed by atoms with E-state index in [4.69, 9.17) is 15.3 Å². The molecule has 4 rings (SSSR count). The zero-order chi connectivity index (χ0) is 21.1. The minimum atomic E-state index is -1.75. The van der Waals surface area contributed by atoms with Gasteiger partial charge in [0.1, 0.15) is 6.29 Å². The number of aldehydes is 1. The molecule has 0 saturated heterocycles. The topological polar surface area (TPSA) is 132 Å². The summed E-state index contributed by atoms with van der Waals surface area (Å²) in [5.74, 6) is -0.214. The first-order chi connectivity index (χ1) is 14.0. The first-order valence-electron chi connectivity index (χ1n) is 8.31. The number of aromatic nitrogens is 2. The van der Waals surface area contributed by atoms with Crippen molar-refractivity contribution in [3.05, 3.63) is 106 Å². The van der Waals surface area contributed by atoms with Crippen LogP contribution >= 0.6 is 0 Å². The molecule has 1 radical (unpaired) electrons. The van der Waals surface area contributed by atoms with Crippen molar-refractivity contribution in [3.63, 3.8) is 0 Å². The number of fused-ring (bicyclic) bond motifs is 1. The molecule has 4 aromatic rings. The Labute approximate surface area is 182 Å². The third kappa shape index (κ3) is 7.31. The molecule has 0 N–H and O–H groups in total. The van der Waals surface area contributed by atoms with Gasteiger partial charge in [-0.3, -0.25) is 14.8 Å². The first kappa shape index (κ1) is 24.2. The third-order valence-corrected chi connectivity index (χ3v) is 3.64. The van der Waals surface area contributed by atoms with Crippen LogP contribution in [0, 0.1) is 15.3 Å². The van der Waals surface area contributed by atoms with Crippen LogP contribution in [-0.4, -0.2) is 21.3 Å². The van der Waals surface area contributed by atoms with Gasteiger partial charge < -0.3 is 20.4 Å². The number of pyridine rings is 2. The smallest absolute Gasteiger partial charge is 0.872 e. The number of rotatable bonds is 2. The summed E-state index contributed by atoms with van der Waals surface area (Å²) in [6.07, 6.45) is 4.15. The van der Waals surface area contributed by atoms with Gasteiger partial charge in [-0.2, -0.15) is 0 Å². The van der Waals surface area contributed by atoms with Gasteiger partial charge in [0.25, 0.3) is 0 Å². The van der Waals surface area contributed by atoms with Crippen LogP contribution < -0.4 is 5.11 Å². The molecule has 9 heteroatoms. The van der Waals surface area contributed by atoms with E-state index < -0.39 is 5.09 Å². The zero-order valence-corrected chi connectivity index (χ0v) is 16.3. The number of carbonyl (C=O) groups excluding carboxylic acids is 1. The fraction of sp³-hybridized carbons (Fsp3) is 0. The van der Waals surface area contributed by atoms with Gasteiger partial charge in [0.2, 0.25) is 0 Å². The van der Waals surface area contributed by atoms with Gasteiger partial charge in [-0.1, -0.05) is 54.3 Å². The molecule has 2 heterocycles. The Morgan fingerprint density at radius 1 is 0.767 bits per heavy atom. The van der Waals surface area contributed by atoms with Gasteiger partial charge in [0, 0.05) is 18.0 Å². The van der Waals surface area contributed by atoms with Gasteiger partial charge in [0.05, 0.1) is 16.5 Å². The number of carbonyl (C=O) groups is 1. The molecule has 0 aliphatic carbocycles. The molecule has 0 saturated carbocycles. The van der Waals surface area contributed by atoms with E-state index in [1.54, 1.807) is 24.5 Å². The summed E-state index contributed by atoms with van der Waals surface area (Å²) in [4.78, 5) is 27.3. The summed E-state index contributed by atoms with van der Waals surface area (Å²) >= 11 is 0. The molecular weight excluding hydrogens is 438 g/mol. The van der Waals surface area contributed by atoms with Crippen LogP contribution in [0.2, 0.25) is 0 Å². The molecule has 2 aromatic carbocycles. The quantitative estimate of drug-likeness (QED) is 0.196. The van der Waals surface area contributed by atoms with Gasteiger partial charge in [-0.25, -0.2) is 0 Å². The van der Waals surface area contributed by atoms with Crippen molar-refractivity contribution >= 4 is 17.1 Å². The van der Waals surface area contributed by atoms with E-state index in [0.29, 0.717) is 6.29 Å². The molecule has 2 aromatic heterocycles. The number of hydrogen-bond acceptors (Lipinski definition) is 7. The Hall–Kier alpha value is -3.81. The second-order valence-electron chi connectivity index (χ2n) is 5.47. The minimum Gasteiger partial charge on any atom is -0.872 e. The van der Waals surface area contributed by atoms with Crippen molar-refractivity contribution in [2.75, 3.05) is 0 Å². The molecule has 0 atom stereocenters. The largest absolute Gasteiger partial charge is 2.00 e. The van der Waals surface area contributed by atoms with E-state index in [-0.39, 0.29) is 28.4 Å². The Kier molecular flexibility index (Phi) is 10.2. The predicted molar refractivity (Wildman–Crippen MR) is 107 cm³/mol. The predicted octanol–water partition coefficient (Wildman–Crippen LogP) is 3.63. The average Bonchev–Trinajstić information content (AvgIpc) is 2.75. The molecule has 8 nitrogen and oxygen atoms in total. The Bertz CT molecular complexity index is 1040. The summed E-state index contributed by atoms with van der Waals surface area (Å²) in [7, 11) is 0. The maximum Gasteiger partial charge on any atom is 2.00 e. The van der Waals surface area contributed by atoms with Gasteiger partial charge in [-0.15, -0.1) is 0 Å². The van der Waals surface area contributed by atoms with Crippen molar-refractivity contribution < 1.29 is 32.1 Å². The van der Waals surface area contributed by atoms with Crippen molar-refractivity contribution in [2.24, 2.45) is 0 Å². The van der Waals surface area contributed by atoms with Gasteiger partial charge in [0.15, 0.2) is 0 Å². The van der Waals surface area contributed by atoms with E-state index in [1.165, 1.54) is 6.07 Å². The monoisotopic (exact) mass is 452 g/mol. The molecule has 155 valence electrons. The Balaban J connectivity index is 0.000000249. The molecule has 0 fully saturated rings. The summed E-state index contributed by atoms with van der Waals surface area (Å²) in [6, 6.07) is 22.1. The Morgan fingerprint density at radius 2 is 1.27 bits per heavy atom. The average molecular weight is 453 g/mol. The standard InChI is InChI=1S/C11H8O2.C10H8N2.Cu.NO3/c12-7-10-9-4-2-1-3-8(9)5-6-11(10)13;1-3-7-11-9(5-1)10-6-2-4-8-12-10;;2-1(3)4/h1-7,13H;1-8H;;/q;;+2;-1/p-1. The van der Waals surface area contributed by atoms with Crippen LogP contribution in [0.15, 0.2) is 85.2 Å². The molecule has 0 aliphatic rings. The molecule has 0 amide bonds. The maximum absolute atomic E-state index is 11.2. The van der Waals surface area contributed by atoms with E-state index in [2.05, 4.69) is 9.97 Å². The third-order valence-electron chi connectivity index (χ3n) is 3.64. The summed E-state index contributed by atoms with van der Waals surface area (Å²) in [6.45, 7) is 0. The van der Waals surface area contributed by atoms with Crippen LogP contribution in [0.25, 0.3) is 22.2 Å². The van der Waals surface area contributed by atoms with Gasteiger partial charge in [-0.05, 0) is 35.0 Å². The van der Waals surface area contributed by atoms with E-state index in [9.17, 15) is 9.90 Å². The van der Waals surface area contributed by atoms with Crippen molar-refractivity contribution in [1.82, 2.24) is 9.97 Å².